The van der Waals surface area contributed by atoms with E-state index in [1.807, 2.05) is 0 Å². The first kappa shape index (κ1) is 8.08. The number of halogens is 2. The molecule has 9 heavy (non-hydrogen) atoms. The third-order valence-electron chi connectivity index (χ3n) is 0.798. The van der Waals surface area contributed by atoms with Gasteiger partial charge in [0.1, 0.15) is 0 Å². The van der Waals surface area contributed by atoms with Crippen LogP contribution in [0.2, 0.25) is 0 Å². The van der Waals surface area contributed by atoms with E-state index >= 15 is 0 Å². The molecule has 0 aliphatic rings. The molecule has 0 saturated carbocycles. The lowest BCUT2D eigenvalue weighted by Gasteiger charge is -1.94. The maximum atomic E-state index is 11.7. The van der Waals surface area contributed by atoms with Crippen molar-refractivity contribution in [2.45, 2.75) is 6.43 Å². The summed E-state index contributed by atoms with van der Waals surface area (Å²) in [6.45, 7) is 6.48. The molecule has 0 aliphatic carbocycles. The van der Waals surface area contributed by atoms with Crippen LogP contribution in [0.4, 0.5) is 8.78 Å². The zero-order valence-corrected chi connectivity index (χ0v) is 4.98. The van der Waals surface area contributed by atoms with E-state index in [-0.39, 0.29) is 5.57 Å². The molecule has 0 aliphatic heterocycles. The molecule has 0 bridgehead atoms. The third kappa shape index (κ3) is 2.80. The van der Waals surface area contributed by atoms with Gasteiger partial charge in [0.15, 0.2) is 0 Å². The summed E-state index contributed by atoms with van der Waals surface area (Å²) in [4.78, 5) is 0. The van der Waals surface area contributed by atoms with Crippen LogP contribution in [0.1, 0.15) is 0 Å². The molecule has 0 spiro atoms. The van der Waals surface area contributed by atoms with Crippen molar-refractivity contribution in [1.82, 2.24) is 0 Å². The van der Waals surface area contributed by atoms with Crippen molar-refractivity contribution in [3.05, 3.63) is 37.0 Å². The number of hydrogen-bond donors (Lipinski definition) is 0. The molecule has 0 saturated heterocycles. The maximum Gasteiger partial charge on any atom is 0.263 e. The Morgan fingerprint density at radius 2 is 1.89 bits per heavy atom. The molecule has 0 aromatic carbocycles. The Bertz CT molecular complexity index is 134. The summed E-state index contributed by atoms with van der Waals surface area (Å²) >= 11 is 0. The van der Waals surface area contributed by atoms with E-state index in [2.05, 4.69) is 13.2 Å². The smallest absolute Gasteiger partial charge is 0.205 e. The zero-order chi connectivity index (χ0) is 7.28. The molecule has 2 heteroatoms. The predicted octanol–water partition coefficient (Wildman–Crippen LogP) is 2.55. The minimum atomic E-state index is -2.44. The van der Waals surface area contributed by atoms with Crippen LogP contribution in [0.5, 0.6) is 0 Å². The highest BCUT2D eigenvalue weighted by Gasteiger charge is 2.03. The molecule has 0 nitrogen and oxygen atoms in total. The highest BCUT2D eigenvalue weighted by atomic mass is 19.3. The van der Waals surface area contributed by atoms with Gasteiger partial charge in [-0.15, -0.1) is 0 Å². The molecular weight excluding hydrogens is 122 g/mol. The number of alkyl halides is 2. The summed E-state index contributed by atoms with van der Waals surface area (Å²) in [5.41, 5.74) is -0.0926. The minimum Gasteiger partial charge on any atom is -0.205 e. The Morgan fingerprint density at radius 1 is 1.33 bits per heavy atom. The topological polar surface area (TPSA) is 0 Å². The van der Waals surface area contributed by atoms with Gasteiger partial charge in [-0.05, 0) is 0 Å². The van der Waals surface area contributed by atoms with Gasteiger partial charge in [0.2, 0.25) is 0 Å². The molecule has 0 aromatic rings. The molecule has 0 atom stereocenters. The average Bonchev–Trinajstić information content (AvgIpc) is 1.82. The van der Waals surface area contributed by atoms with Crippen molar-refractivity contribution < 1.29 is 8.78 Å². The highest BCUT2D eigenvalue weighted by Crippen LogP contribution is 2.08. The molecular formula is C7H8F2. The first-order chi connectivity index (χ1) is 4.22. The first-order valence-electron chi connectivity index (χ1n) is 2.45. The standard InChI is InChI=1S/C7H8F2/c1-3-5-6(4-2)7(8)9/h3-5,7H,1-2H2/b6-5+. The lowest BCUT2D eigenvalue weighted by molar-refractivity contribution is 0.194. The molecule has 50 valence electrons. The molecule has 0 radical (unpaired) electrons. The lowest BCUT2D eigenvalue weighted by Crippen LogP contribution is -1.91. The summed E-state index contributed by atoms with van der Waals surface area (Å²) in [5, 5.41) is 0. The number of rotatable bonds is 3. The zero-order valence-electron chi connectivity index (χ0n) is 4.98. The van der Waals surface area contributed by atoms with Crippen molar-refractivity contribution in [1.29, 1.82) is 0 Å². The Labute approximate surface area is 53.2 Å². The predicted molar refractivity (Wildman–Crippen MR) is 34.5 cm³/mol. The Balaban J connectivity index is 4.13. The normalized spacial score (nSPS) is 11.7. The first-order valence-corrected chi connectivity index (χ1v) is 2.45. The maximum absolute atomic E-state index is 11.7. The second-order valence-electron chi connectivity index (χ2n) is 1.41. The van der Waals surface area contributed by atoms with Gasteiger partial charge in [-0.25, -0.2) is 8.78 Å². The van der Waals surface area contributed by atoms with Gasteiger partial charge >= 0.3 is 0 Å². The fourth-order valence-electron chi connectivity index (χ4n) is 0.366. The van der Waals surface area contributed by atoms with Crippen LogP contribution >= 0.6 is 0 Å². The van der Waals surface area contributed by atoms with Crippen molar-refractivity contribution in [3.63, 3.8) is 0 Å². The minimum absolute atomic E-state index is 0.0926. The number of allylic oxidation sites excluding steroid dienone is 4. The van der Waals surface area contributed by atoms with E-state index in [0.717, 1.165) is 6.08 Å². The SMILES string of the molecule is C=C/C=C(\C=C)C(F)F. The van der Waals surface area contributed by atoms with Gasteiger partial charge in [0.25, 0.3) is 6.43 Å². The quantitative estimate of drug-likeness (QED) is 0.515. The van der Waals surface area contributed by atoms with Crippen molar-refractivity contribution in [3.8, 4) is 0 Å². The number of hydrogen-bond acceptors (Lipinski definition) is 0. The van der Waals surface area contributed by atoms with Crippen LogP contribution < -0.4 is 0 Å². The second kappa shape index (κ2) is 4.01. The van der Waals surface area contributed by atoms with Gasteiger partial charge in [-0.2, -0.15) is 0 Å². The van der Waals surface area contributed by atoms with Crippen LogP contribution in [-0.2, 0) is 0 Å². The molecule has 0 fully saturated rings. The van der Waals surface area contributed by atoms with Gasteiger partial charge < -0.3 is 0 Å². The Morgan fingerprint density at radius 3 is 2.00 bits per heavy atom. The van der Waals surface area contributed by atoms with Crippen molar-refractivity contribution in [2.24, 2.45) is 0 Å². The van der Waals surface area contributed by atoms with Gasteiger partial charge in [0.05, 0.1) is 0 Å². The van der Waals surface area contributed by atoms with Gasteiger partial charge in [0, 0.05) is 5.57 Å². The highest BCUT2D eigenvalue weighted by molar-refractivity contribution is 5.22. The molecule has 0 aromatic heterocycles. The van der Waals surface area contributed by atoms with Crippen LogP contribution in [0.3, 0.4) is 0 Å². The van der Waals surface area contributed by atoms with Crippen LogP contribution in [0.15, 0.2) is 37.0 Å². The van der Waals surface area contributed by atoms with Crippen molar-refractivity contribution >= 4 is 0 Å². The van der Waals surface area contributed by atoms with E-state index in [1.54, 1.807) is 0 Å². The molecule has 0 N–H and O–H groups in total. The fourth-order valence-corrected chi connectivity index (χ4v) is 0.366. The van der Waals surface area contributed by atoms with Crippen LogP contribution in [0.25, 0.3) is 0 Å². The van der Waals surface area contributed by atoms with E-state index in [4.69, 9.17) is 0 Å². The summed E-state index contributed by atoms with van der Waals surface area (Å²) in [6.07, 6.45) is 1.22. The van der Waals surface area contributed by atoms with Crippen LogP contribution in [0, 0.1) is 0 Å². The Hall–Kier alpha value is -0.920. The molecule has 0 rings (SSSR count). The largest absolute Gasteiger partial charge is 0.263 e. The van der Waals surface area contributed by atoms with E-state index in [9.17, 15) is 8.78 Å². The molecule has 0 heterocycles. The molecule has 0 unspecified atom stereocenters. The van der Waals surface area contributed by atoms with Gasteiger partial charge in [-0.3, -0.25) is 0 Å². The van der Waals surface area contributed by atoms with Crippen molar-refractivity contribution in [2.75, 3.05) is 0 Å². The molecule has 0 amide bonds. The summed E-state index contributed by atoms with van der Waals surface area (Å²) < 4.78 is 23.4. The van der Waals surface area contributed by atoms with E-state index in [1.165, 1.54) is 12.2 Å². The average molecular weight is 130 g/mol. The summed E-state index contributed by atoms with van der Waals surface area (Å²) in [7, 11) is 0. The third-order valence-corrected chi connectivity index (χ3v) is 0.798. The van der Waals surface area contributed by atoms with E-state index in [0.29, 0.717) is 0 Å². The monoisotopic (exact) mass is 130 g/mol. The lowest BCUT2D eigenvalue weighted by atomic mass is 10.2. The second-order valence-corrected chi connectivity index (χ2v) is 1.41. The summed E-state index contributed by atoms with van der Waals surface area (Å²) in [6, 6.07) is 0. The fraction of sp³-hybridized carbons (Fsp3) is 0.143. The Kier molecular flexibility index (Phi) is 3.60. The van der Waals surface area contributed by atoms with E-state index < -0.39 is 6.43 Å². The summed E-state index contributed by atoms with van der Waals surface area (Å²) in [5.74, 6) is 0. The van der Waals surface area contributed by atoms with Crippen LogP contribution in [-0.4, -0.2) is 6.43 Å². The van der Waals surface area contributed by atoms with Gasteiger partial charge in [-0.1, -0.05) is 31.4 Å².